The molecular formula is C9H15ClN2. The molecule has 0 saturated carbocycles. The molecule has 1 atom stereocenters. The van der Waals surface area contributed by atoms with Gasteiger partial charge in [0.05, 0.1) is 0 Å². The second-order valence-electron chi connectivity index (χ2n) is 2.92. The maximum atomic E-state index is 5.63. The van der Waals surface area contributed by atoms with Gasteiger partial charge in [0.2, 0.25) is 0 Å². The van der Waals surface area contributed by atoms with Gasteiger partial charge in [0.1, 0.15) is 0 Å². The van der Waals surface area contributed by atoms with E-state index in [0.717, 1.165) is 12.1 Å². The van der Waals surface area contributed by atoms with E-state index in [1.807, 2.05) is 31.2 Å². The Kier molecular flexibility index (Phi) is 4.71. The average Bonchev–Trinajstić information content (AvgIpc) is 1.93. The first-order valence-electron chi connectivity index (χ1n) is 3.78. The standard InChI is InChI=1S/C9H14N2.ClH/c1-7(10)6-8-2-4-9(11)5-3-8;/h2-5,7H,6,10-11H2,1H3;1H/t7-;/m0./s1. The number of halogens is 1. The van der Waals surface area contributed by atoms with Gasteiger partial charge in [-0.1, -0.05) is 12.1 Å². The molecule has 0 spiro atoms. The molecule has 12 heavy (non-hydrogen) atoms. The first-order valence-corrected chi connectivity index (χ1v) is 3.78. The Morgan fingerprint density at radius 3 is 2.17 bits per heavy atom. The molecule has 0 saturated heterocycles. The summed E-state index contributed by atoms with van der Waals surface area (Å²) in [5.41, 5.74) is 13.2. The summed E-state index contributed by atoms with van der Waals surface area (Å²) in [5, 5.41) is 0. The molecule has 68 valence electrons. The minimum absolute atomic E-state index is 0. The van der Waals surface area contributed by atoms with Crippen LogP contribution >= 0.6 is 12.4 Å². The van der Waals surface area contributed by atoms with E-state index in [0.29, 0.717) is 0 Å². The van der Waals surface area contributed by atoms with Crippen molar-refractivity contribution in [3.8, 4) is 0 Å². The van der Waals surface area contributed by atoms with Crippen LogP contribution in [0.25, 0.3) is 0 Å². The zero-order chi connectivity index (χ0) is 8.27. The Morgan fingerprint density at radius 2 is 1.75 bits per heavy atom. The van der Waals surface area contributed by atoms with E-state index >= 15 is 0 Å². The molecule has 0 amide bonds. The van der Waals surface area contributed by atoms with Gasteiger partial charge in [0.15, 0.2) is 0 Å². The Morgan fingerprint density at radius 1 is 1.25 bits per heavy atom. The fourth-order valence-electron chi connectivity index (χ4n) is 1.03. The first kappa shape index (κ1) is 11.3. The number of nitrogens with two attached hydrogens (primary N) is 2. The Bertz CT molecular complexity index is 218. The minimum Gasteiger partial charge on any atom is -0.399 e. The van der Waals surface area contributed by atoms with E-state index in [1.54, 1.807) is 0 Å². The van der Waals surface area contributed by atoms with Gasteiger partial charge in [-0.05, 0) is 31.0 Å². The highest BCUT2D eigenvalue weighted by Crippen LogP contribution is 2.06. The van der Waals surface area contributed by atoms with Crippen LogP contribution in [0.3, 0.4) is 0 Å². The summed E-state index contributed by atoms with van der Waals surface area (Å²) in [7, 11) is 0. The zero-order valence-electron chi connectivity index (χ0n) is 7.16. The molecule has 0 aliphatic carbocycles. The third kappa shape index (κ3) is 3.60. The van der Waals surface area contributed by atoms with Gasteiger partial charge in [-0.3, -0.25) is 0 Å². The van der Waals surface area contributed by atoms with Crippen LogP contribution in [-0.2, 0) is 6.42 Å². The zero-order valence-corrected chi connectivity index (χ0v) is 7.97. The van der Waals surface area contributed by atoms with Crippen LogP contribution in [-0.4, -0.2) is 6.04 Å². The van der Waals surface area contributed by atoms with Crippen LogP contribution < -0.4 is 11.5 Å². The summed E-state index contributed by atoms with van der Waals surface area (Å²) >= 11 is 0. The highest BCUT2D eigenvalue weighted by molar-refractivity contribution is 5.85. The quantitative estimate of drug-likeness (QED) is 0.690. The molecule has 3 heteroatoms. The highest BCUT2D eigenvalue weighted by atomic mass is 35.5. The lowest BCUT2D eigenvalue weighted by Crippen LogP contribution is -2.17. The van der Waals surface area contributed by atoms with E-state index in [1.165, 1.54) is 5.56 Å². The molecule has 1 rings (SSSR count). The Labute approximate surface area is 79.4 Å². The van der Waals surface area contributed by atoms with Gasteiger partial charge in [-0.2, -0.15) is 0 Å². The molecule has 0 aliphatic rings. The first-order chi connectivity index (χ1) is 5.18. The Balaban J connectivity index is 0.00000121. The van der Waals surface area contributed by atoms with Crippen LogP contribution in [0, 0.1) is 0 Å². The van der Waals surface area contributed by atoms with E-state index in [9.17, 15) is 0 Å². The van der Waals surface area contributed by atoms with Gasteiger partial charge in [-0.15, -0.1) is 12.4 Å². The van der Waals surface area contributed by atoms with E-state index in [2.05, 4.69) is 0 Å². The van der Waals surface area contributed by atoms with Gasteiger partial charge in [0.25, 0.3) is 0 Å². The molecule has 0 bridgehead atoms. The van der Waals surface area contributed by atoms with Crippen LogP contribution in [0.4, 0.5) is 5.69 Å². The van der Waals surface area contributed by atoms with Crippen LogP contribution in [0.5, 0.6) is 0 Å². The number of anilines is 1. The third-order valence-electron chi connectivity index (χ3n) is 1.54. The van der Waals surface area contributed by atoms with Gasteiger partial charge in [0, 0.05) is 11.7 Å². The third-order valence-corrected chi connectivity index (χ3v) is 1.54. The molecule has 0 aliphatic heterocycles. The second kappa shape index (κ2) is 5.01. The summed E-state index contributed by atoms with van der Waals surface area (Å²) in [5.74, 6) is 0. The summed E-state index contributed by atoms with van der Waals surface area (Å²) in [6.45, 7) is 2.00. The normalized spacial score (nSPS) is 11.8. The second-order valence-corrected chi connectivity index (χ2v) is 2.92. The van der Waals surface area contributed by atoms with Crippen molar-refractivity contribution in [1.29, 1.82) is 0 Å². The maximum Gasteiger partial charge on any atom is 0.0314 e. The highest BCUT2D eigenvalue weighted by Gasteiger charge is 1.95. The van der Waals surface area contributed by atoms with E-state index < -0.39 is 0 Å². The van der Waals surface area contributed by atoms with Gasteiger partial charge in [-0.25, -0.2) is 0 Å². The number of rotatable bonds is 2. The summed E-state index contributed by atoms with van der Waals surface area (Å²) in [6, 6.07) is 8.05. The average molecular weight is 187 g/mol. The fourth-order valence-corrected chi connectivity index (χ4v) is 1.03. The summed E-state index contributed by atoms with van der Waals surface area (Å²) in [4.78, 5) is 0. The molecular weight excluding hydrogens is 172 g/mol. The number of hydrogen-bond donors (Lipinski definition) is 2. The minimum atomic E-state index is 0. The molecule has 0 radical (unpaired) electrons. The lowest BCUT2D eigenvalue weighted by atomic mass is 10.1. The fraction of sp³-hybridized carbons (Fsp3) is 0.333. The van der Waals surface area contributed by atoms with Gasteiger partial charge < -0.3 is 11.5 Å². The molecule has 1 aromatic rings. The van der Waals surface area contributed by atoms with E-state index in [4.69, 9.17) is 11.5 Å². The van der Waals surface area contributed by atoms with Crippen LogP contribution in [0.2, 0.25) is 0 Å². The molecule has 0 heterocycles. The lowest BCUT2D eigenvalue weighted by molar-refractivity contribution is 0.738. The van der Waals surface area contributed by atoms with Crippen molar-refractivity contribution in [3.63, 3.8) is 0 Å². The van der Waals surface area contributed by atoms with Crippen molar-refractivity contribution in [2.75, 3.05) is 5.73 Å². The molecule has 0 fully saturated rings. The lowest BCUT2D eigenvalue weighted by Gasteiger charge is -2.04. The van der Waals surface area contributed by atoms with E-state index in [-0.39, 0.29) is 18.4 Å². The molecule has 1 aromatic carbocycles. The summed E-state index contributed by atoms with van der Waals surface area (Å²) < 4.78 is 0. The summed E-state index contributed by atoms with van der Waals surface area (Å²) in [6.07, 6.45) is 0.917. The topological polar surface area (TPSA) is 52.0 Å². The monoisotopic (exact) mass is 186 g/mol. The van der Waals surface area contributed by atoms with Crippen molar-refractivity contribution in [2.45, 2.75) is 19.4 Å². The maximum absolute atomic E-state index is 5.63. The molecule has 2 nitrogen and oxygen atoms in total. The molecule has 4 N–H and O–H groups in total. The van der Waals surface area contributed by atoms with Crippen molar-refractivity contribution in [1.82, 2.24) is 0 Å². The van der Waals surface area contributed by atoms with Gasteiger partial charge >= 0.3 is 0 Å². The molecule has 0 aromatic heterocycles. The predicted octanol–water partition coefficient (Wildman–Crippen LogP) is 1.58. The Hall–Kier alpha value is -0.730. The van der Waals surface area contributed by atoms with Crippen LogP contribution in [0.1, 0.15) is 12.5 Å². The largest absolute Gasteiger partial charge is 0.399 e. The molecule has 0 unspecified atom stereocenters. The number of benzene rings is 1. The number of hydrogen-bond acceptors (Lipinski definition) is 2. The van der Waals surface area contributed by atoms with Crippen molar-refractivity contribution >= 4 is 18.1 Å². The number of nitrogen functional groups attached to an aromatic ring is 1. The SMILES string of the molecule is C[C@H](N)Cc1ccc(N)cc1.Cl. The van der Waals surface area contributed by atoms with Crippen molar-refractivity contribution in [2.24, 2.45) is 5.73 Å². The predicted molar refractivity (Wildman–Crippen MR) is 55.5 cm³/mol. The van der Waals surface area contributed by atoms with Crippen molar-refractivity contribution in [3.05, 3.63) is 29.8 Å². The smallest absolute Gasteiger partial charge is 0.0314 e. The van der Waals surface area contributed by atoms with Crippen LogP contribution in [0.15, 0.2) is 24.3 Å². The van der Waals surface area contributed by atoms with Crippen molar-refractivity contribution < 1.29 is 0 Å².